The van der Waals surface area contributed by atoms with Crippen molar-refractivity contribution in [1.82, 2.24) is 15.5 Å². The van der Waals surface area contributed by atoms with Crippen molar-refractivity contribution in [3.05, 3.63) is 52.4 Å². The average Bonchev–Trinajstić information content (AvgIpc) is 2.95. The van der Waals surface area contributed by atoms with Gasteiger partial charge in [-0.3, -0.25) is 5.10 Å². The standard InChI is InChI=1S/C14H14FN3S/c1-9-11(7-17-18-9)6-16-8-13-5-10-4-12(15)2-3-14(10)19-13/h2-5,7,16H,6,8H2,1H3,(H,17,18). The summed E-state index contributed by atoms with van der Waals surface area (Å²) in [5.41, 5.74) is 2.26. The second-order valence-electron chi connectivity index (χ2n) is 4.52. The van der Waals surface area contributed by atoms with Gasteiger partial charge < -0.3 is 5.32 Å². The molecule has 0 unspecified atom stereocenters. The van der Waals surface area contributed by atoms with E-state index in [-0.39, 0.29) is 5.82 Å². The van der Waals surface area contributed by atoms with Crippen molar-refractivity contribution in [3.63, 3.8) is 0 Å². The molecule has 2 aromatic heterocycles. The van der Waals surface area contributed by atoms with Crippen LogP contribution in [0, 0.1) is 12.7 Å². The molecular formula is C14H14FN3S. The number of H-pyrrole nitrogens is 1. The normalized spacial score (nSPS) is 11.3. The molecule has 3 rings (SSSR count). The van der Waals surface area contributed by atoms with E-state index in [4.69, 9.17) is 0 Å². The van der Waals surface area contributed by atoms with Crippen LogP contribution in [0.5, 0.6) is 0 Å². The summed E-state index contributed by atoms with van der Waals surface area (Å²) < 4.78 is 14.2. The number of rotatable bonds is 4. The van der Waals surface area contributed by atoms with Crippen LogP contribution in [0.15, 0.2) is 30.5 Å². The fraction of sp³-hybridized carbons (Fsp3) is 0.214. The Morgan fingerprint density at radius 1 is 1.32 bits per heavy atom. The van der Waals surface area contributed by atoms with Gasteiger partial charge in [0.2, 0.25) is 0 Å². The summed E-state index contributed by atoms with van der Waals surface area (Å²) in [7, 11) is 0. The molecule has 0 saturated heterocycles. The van der Waals surface area contributed by atoms with E-state index in [0.717, 1.165) is 28.9 Å². The van der Waals surface area contributed by atoms with Gasteiger partial charge in [-0.05, 0) is 36.6 Å². The van der Waals surface area contributed by atoms with Crippen LogP contribution in [0.1, 0.15) is 16.1 Å². The number of aromatic amines is 1. The minimum Gasteiger partial charge on any atom is -0.308 e. The van der Waals surface area contributed by atoms with Crippen molar-refractivity contribution in [2.24, 2.45) is 0 Å². The second kappa shape index (κ2) is 5.11. The maximum absolute atomic E-state index is 13.1. The lowest BCUT2D eigenvalue weighted by Gasteiger charge is -2.01. The number of hydrogen-bond donors (Lipinski definition) is 2. The highest BCUT2D eigenvalue weighted by Gasteiger charge is 2.04. The zero-order valence-electron chi connectivity index (χ0n) is 10.5. The van der Waals surface area contributed by atoms with E-state index in [9.17, 15) is 4.39 Å². The van der Waals surface area contributed by atoms with Crippen LogP contribution in [0.3, 0.4) is 0 Å². The number of fused-ring (bicyclic) bond motifs is 1. The SMILES string of the molecule is Cc1[nH]ncc1CNCc1cc2cc(F)ccc2s1. The Bertz CT molecular complexity index is 702. The third kappa shape index (κ3) is 2.67. The molecule has 0 saturated carbocycles. The molecule has 0 fully saturated rings. The third-order valence-corrected chi connectivity index (χ3v) is 4.19. The van der Waals surface area contributed by atoms with Gasteiger partial charge in [0.15, 0.2) is 0 Å². The quantitative estimate of drug-likeness (QED) is 0.766. The molecule has 0 atom stereocenters. The minimum absolute atomic E-state index is 0.182. The monoisotopic (exact) mass is 275 g/mol. The lowest BCUT2D eigenvalue weighted by molar-refractivity contribution is 0.630. The second-order valence-corrected chi connectivity index (χ2v) is 5.69. The molecule has 3 nitrogen and oxygen atoms in total. The van der Waals surface area contributed by atoms with Crippen molar-refractivity contribution in [1.29, 1.82) is 0 Å². The molecule has 1 aromatic carbocycles. The van der Waals surface area contributed by atoms with Gasteiger partial charge in [-0.2, -0.15) is 5.10 Å². The van der Waals surface area contributed by atoms with Crippen LogP contribution in [-0.2, 0) is 13.1 Å². The lowest BCUT2D eigenvalue weighted by Crippen LogP contribution is -2.11. The number of thiophene rings is 1. The van der Waals surface area contributed by atoms with Gasteiger partial charge in [0.25, 0.3) is 0 Å². The van der Waals surface area contributed by atoms with Crippen LogP contribution in [0.2, 0.25) is 0 Å². The van der Waals surface area contributed by atoms with Crippen molar-refractivity contribution in [3.8, 4) is 0 Å². The summed E-state index contributed by atoms with van der Waals surface area (Å²) in [6, 6.07) is 6.96. The molecule has 3 aromatic rings. The van der Waals surface area contributed by atoms with Crippen molar-refractivity contribution < 1.29 is 4.39 Å². The van der Waals surface area contributed by atoms with E-state index in [1.54, 1.807) is 17.4 Å². The molecule has 2 N–H and O–H groups in total. The Morgan fingerprint density at radius 2 is 2.21 bits per heavy atom. The number of aromatic nitrogens is 2. The molecule has 0 aliphatic heterocycles. The Morgan fingerprint density at radius 3 is 3.00 bits per heavy atom. The number of halogens is 1. The Kier molecular flexibility index (Phi) is 3.31. The van der Waals surface area contributed by atoms with Crippen LogP contribution in [-0.4, -0.2) is 10.2 Å². The van der Waals surface area contributed by atoms with Crippen LogP contribution in [0.4, 0.5) is 4.39 Å². The predicted octanol–water partition coefficient (Wildman–Crippen LogP) is 3.36. The smallest absolute Gasteiger partial charge is 0.123 e. The summed E-state index contributed by atoms with van der Waals surface area (Å²) in [4.78, 5) is 1.21. The highest BCUT2D eigenvalue weighted by atomic mass is 32.1. The molecule has 5 heteroatoms. The number of nitrogens with zero attached hydrogens (tertiary/aromatic N) is 1. The third-order valence-electron chi connectivity index (χ3n) is 3.08. The van der Waals surface area contributed by atoms with Crippen LogP contribution >= 0.6 is 11.3 Å². The van der Waals surface area contributed by atoms with E-state index >= 15 is 0 Å². The molecule has 19 heavy (non-hydrogen) atoms. The zero-order valence-corrected chi connectivity index (χ0v) is 11.4. The Hall–Kier alpha value is -1.72. The summed E-state index contributed by atoms with van der Waals surface area (Å²) >= 11 is 1.69. The topological polar surface area (TPSA) is 40.7 Å². The van der Waals surface area contributed by atoms with Crippen LogP contribution in [0.25, 0.3) is 10.1 Å². The number of aryl methyl sites for hydroxylation is 1. The number of benzene rings is 1. The fourth-order valence-electron chi connectivity index (χ4n) is 2.03. The summed E-state index contributed by atoms with van der Waals surface area (Å²) in [6.45, 7) is 3.57. The first-order chi connectivity index (χ1) is 9.22. The van der Waals surface area contributed by atoms with E-state index in [2.05, 4.69) is 15.5 Å². The molecular weight excluding hydrogens is 261 g/mol. The molecule has 0 amide bonds. The number of nitrogens with one attached hydrogen (secondary N) is 2. The first-order valence-corrected chi connectivity index (χ1v) is 6.91. The Balaban J connectivity index is 1.67. The molecule has 0 spiro atoms. The maximum Gasteiger partial charge on any atom is 0.123 e. The average molecular weight is 275 g/mol. The van der Waals surface area contributed by atoms with Gasteiger partial charge in [-0.25, -0.2) is 4.39 Å². The first kappa shape index (κ1) is 12.3. The van der Waals surface area contributed by atoms with Crippen molar-refractivity contribution in [2.75, 3.05) is 0 Å². The number of hydrogen-bond acceptors (Lipinski definition) is 3. The van der Waals surface area contributed by atoms with E-state index < -0.39 is 0 Å². The zero-order chi connectivity index (χ0) is 13.2. The summed E-state index contributed by atoms with van der Waals surface area (Å²) in [5.74, 6) is -0.182. The van der Waals surface area contributed by atoms with E-state index in [0.29, 0.717) is 0 Å². The summed E-state index contributed by atoms with van der Waals surface area (Å²) in [6.07, 6.45) is 1.84. The van der Waals surface area contributed by atoms with Gasteiger partial charge in [0, 0.05) is 33.9 Å². The molecule has 98 valence electrons. The molecule has 0 radical (unpaired) electrons. The van der Waals surface area contributed by atoms with Crippen molar-refractivity contribution >= 4 is 21.4 Å². The maximum atomic E-state index is 13.1. The fourth-order valence-corrected chi connectivity index (χ4v) is 3.04. The largest absolute Gasteiger partial charge is 0.308 e. The first-order valence-electron chi connectivity index (χ1n) is 6.10. The van der Waals surface area contributed by atoms with Gasteiger partial charge in [-0.1, -0.05) is 0 Å². The van der Waals surface area contributed by atoms with Gasteiger partial charge >= 0.3 is 0 Å². The lowest BCUT2D eigenvalue weighted by atomic mass is 10.2. The summed E-state index contributed by atoms with van der Waals surface area (Å²) in [5, 5.41) is 11.3. The van der Waals surface area contributed by atoms with Gasteiger partial charge in [0.1, 0.15) is 5.82 Å². The highest BCUT2D eigenvalue weighted by molar-refractivity contribution is 7.19. The van der Waals surface area contributed by atoms with E-state index in [1.807, 2.05) is 25.3 Å². The molecule has 0 aliphatic rings. The van der Waals surface area contributed by atoms with E-state index in [1.165, 1.54) is 16.5 Å². The Labute approximate surface area is 114 Å². The molecule has 0 bridgehead atoms. The van der Waals surface area contributed by atoms with Crippen LogP contribution < -0.4 is 5.32 Å². The highest BCUT2D eigenvalue weighted by Crippen LogP contribution is 2.26. The molecule has 2 heterocycles. The van der Waals surface area contributed by atoms with Gasteiger partial charge in [-0.15, -0.1) is 11.3 Å². The van der Waals surface area contributed by atoms with Gasteiger partial charge in [0.05, 0.1) is 6.20 Å². The molecule has 0 aliphatic carbocycles. The minimum atomic E-state index is -0.182. The van der Waals surface area contributed by atoms with Crippen molar-refractivity contribution in [2.45, 2.75) is 20.0 Å². The predicted molar refractivity (Wildman–Crippen MR) is 75.7 cm³/mol.